The average molecular weight is 545 g/mol. The largest absolute Gasteiger partial charge is 0.469 e. The molecule has 212 valence electrons. The third kappa shape index (κ3) is 5.63. The van der Waals surface area contributed by atoms with Gasteiger partial charge in [0.2, 0.25) is 5.60 Å². The van der Waals surface area contributed by atoms with Gasteiger partial charge in [0.05, 0.1) is 18.7 Å². The van der Waals surface area contributed by atoms with E-state index in [1.807, 2.05) is 0 Å². The molecule has 2 aromatic heterocycles. The summed E-state index contributed by atoms with van der Waals surface area (Å²) in [5.41, 5.74) is 4.66. The van der Waals surface area contributed by atoms with Gasteiger partial charge in [0.1, 0.15) is 41.8 Å². The third-order valence-electron chi connectivity index (χ3n) is 6.71. The maximum absolute atomic E-state index is 13.0. The summed E-state index contributed by atoms with van der Waals surface area (Å²) < 4.78 is 30.8. The van der Waals surface area contributed by atoms with Gasteiger partial charge in [-0.3, -0.25) is 4.79 Å². The highest BCUT2D eigenvalue weighted by Gasteiger charge is 2.67. The van der Waals surface area contributed by atoms with Crippen LogP contribution in [0.2, 0.25) is 0 Å². The number of amides is 1. The second kappa shape index (κ2) is 10.6. The number of nitrogens with one attached hydrogen (secondary N) is 1. The summed E-state index contributed by atoms with van der Waals surface area (Å²) in [6.07, 6.45) is -0.159. The first-order valence-corrected chi connectivity index (χ1v) is 12.9. The van der Waals surface area contributed by atoms with Crippen LogP contribution in [-0.4, -0.2) is 70.0 Å². The highest BCUT2D eigenvalue weighted by molar-refractivity contribution is 5.73. The van der Waals surface area contributed by atoms with Crippen molar-refractivity contribution in [2.45, 2.75) is 89.2 Å². The molecule has 2 saturated heterocycles. The molecule has 0 aromatic carbocycles. The molecule has 0 bridgehead atoms. The normalized spacial score (nSPS) is 26.5. The van der Waals surface area contributed by atoms with E-state index in [1.165, 1.54) is 18.0 Å². The molecule has 0 aliphatic carbocycles. The first-order valence-electron chi connectivity index (χ1n) is 12.9. The van der Waals surface area contributed by atoms with Gasteiger partial charge in [-0.1, -0.05) is 6.42 Å². The first-order chi connectivity index (χ1) is 18.3. The number of rotatable bonds is 8. The summed E-state index contributed by atoms with van der Waals surface area (Å²) in [6.45, 7) is 9.23. The number of unbranched alkanes of at least 4 members (excludes halogenated alkanes) is 1. The van der Waals surface area contributed by atoms with Gasteiger partial charge in [0, 0.05) is 6.54 Å². The predicted octanol–water partition coefficient (Wildman–Crippen LogP) is 2.43. The van der Waals surface area contributed by atoms with Crippen LogP contribution in [0.4, 0.5) is 10.6 Å². The third-order valence-corrected chi connectivity index (χ3v) is 6.71. The molecule has 4 heterocycles. The Morgan fingerprint density at radius 3 is 2.67 bits per heavy atom. The second-order valence-corrected chi connectivity index (χ2v) is 11.2. The van der Waals surface area contributed by atoms with Gasteiger partial charge in [0.25, 0.3) is 0 Å². The lowest BCUT2D eigenvalue weighted by atomic mass is 9.88. The molecular formula is C26H36N6O7. The number of nitriles is 1. The van der Waals surface area contributed by atoms with E-state index < -0.39 is 53.3 Å². The van der Waals surface area contributed by atoms with Crippen molar-refractivity contribution in [3.8, 4) is 6.07 Å². The lowest BCUT2D eigenvalue weighted by Crippen LogP contribution is -2.41. The Morgan fingerprint density at radius 2 is 2.00 bits per heavy atom. The van der Waals surface area contributed by atoms with Crippen molar-refractivity contribution in [2.24, 2.45) is 5.92 Å². The summed E-state index contributed by atoms with van der Waals surface area (Å²) in [6, 6.07) is 5.68. The molecule has 2 aromatic rings. The van der Waals surface area contributed by atoms with Crippen molar-refractivity contribution < 1.29 is 33.3 Å². The molecule has 2 aliphatic rings. The fourth-order valence-electron chi connectivity index (χ4n) is 5.15. The topological polar surface area (TPSA) is 172 Å². The number of hydrogen-bond acceptors (Lipinski definition) is 11. The van der Waals surface area contributed by atoms with Crippen molar-refractivity contribution in [1.82, 2.24) is 19.9 Å². The number of anilines is 1. The minimum atomic E-state index is -1.65. The van der Waals surface area contributed by atoms with Crippen molar-refractivity contribution in [3.63, 3.8) is 0 Å². The number of nitrogens with zero attached hydrogens (tertiary/aromatic N) is 4. The second-order valence-electron chi connectivity index (χ2n) is 11.2. The number of esters is 1. The fourth-order valence-corrected chi connectivity index (χ4v) is 5.15. The van der Waals surface area contributed by atoms with E-state index in [0.717, 1.165) is 0 Å². The van der Waals surface area contributed by atoms with Crippen molar-refractivity contribution in [1.29, 1.82) is 5.26 Å². The Morgan fingerprint density at radius 1 is 1.26 bits per heavy atom. The molecule has 13 heteroatoms. The lowest BCUT2D eigenvalue weighted by Gasteiger charge is -2.30. The summed E-state index contributed by atoms with van der Waals surface area (Å²) in [5, 5.41) is 17.5. The van der Waals surface area contributed by atoms with Crippen molar-refractivity contribution >= 4 is 23.4 Å². The number of fused-ring (bicyclic) bond motifs is 2. The number of hydrogen-bond donors (Lipinski definition) is 2. The van der Waals surface area contributed by atoms with Gasteiger partial charge in [0.15, 0.2) is 11.6 Å². The minimum absolute atomic E-state index is 0.242. The predicted molar refractivity (Wildman–Crippen MR) is 137 cm³/mol. The monoisotopic (exact) mass is 544 g/mol. The Kier molecular flexibility index (Phi) is 7.75. The van der Waals surface area contributed by atoms with E-state index in [0.29, 0.717) is 37.0 Å². The Labute approximate surface area is 226 Å². The molecule has 1 amide bonds. The SMILES string of the molecule is COC(=O)C(CCCCNC(=O)OC(C)(C)C)[C@H]1O[C@@](C#N)(c2ccc3c(N)ncnn23)[C@@H]2OC(C)(C)O[C@H]12. The number of nitrogen functional groups attached to an aromatic ring is 1. The van der Waals surface area contributed by atoms with Gasteiger partial charge in [-0.25, -0.2) is 14.3 Å². The molecular weight excluding hydrogens is 508 g/mol. The molecule has 39 heavy (non-hydrogen) atoms. The smallest absolute Gasteiger partial charge is 0.407 e. The van der Waals surface area contributed by atoms with E-state index in [-0.39, 0.29) is 5.82 Å². The Bertz CT molecular complexity index is 1270. The maximum Gasteiger partial charge on any atom is 0.407 e. The molecule has 2 fully saturated rings. The van der Waals surface area contributed by atoms with Crippen LogP contribution in [-0.2, 0) is 34.1 Å². The van der Waals surface area contributed by atoms with Gasteiger partial charge in [-0.2, -0.15) is 10.4 Å². The zero-order chi connectivity index (χ0) is 28.6. The molecule has 5 atom stereocenters. The molecule has 2 aliphatic heterocycles. The van der Waals surface area contributed by atoms with Crippen LogP contribution in [0.1, 0.15) is 59.6 Å². The van der Waals surface area contributed by atoms with Crippen LogP contribution in [0.15, 0.2) is 18.5 Å². The lowest BCUT2D eigenvalue weighted by molar-refractivity contribution is -0.210. The number of ether oxygens (including phenoxy) is 5. The molecule has 0 radical (unpaired) electrons. The standard InChI is InChI=1S/C26H36N6O7/c1-24(2,3)39-23(34)29-12-8-7-9-15(22(33)35-6)18-19-20(38-25(4,5)36-19)26(13-27,37-18)17-11-10-16-21(28)30-14-31-32(16)17/h10-11,14-15,18-20H,7-9,12H2,1-6H3,(H,29,34)(H2,28,30,31)/t15?,18-,19-,20-,26+/m1/s1. The van der Waals surface area contributed by atoms with Crippen LogP contribution in [0.25, 0.3) is 5.52 Å². The Balaban J connectivity index is 1.57. The van der Waals surface area contributed by atoms with Crippen LogP contribution >= 0.6 is 0 Å². The number of alkyl carbamates (subject to hydrolysis) is 1. The van der Waals surface area contributed by atoms with Crippen LogP contribution in [0, 0.1) is 17.2 Å². The minimum Gasteiger partial charge on any atom is -0.469 e. The number of methoxy groups -OCH3 is 1. The summed E-state index contributed by atoms with van der Waals surface area (Å²) >= 11 is 0. The van der Waals surface area contributed by atoms with E-state index in [1.54, 1.807) is 46.8 Å². The first kappa shape index (κ1) is 28.5. The summed E-state index contributed by atoms with van der Waals surface area (Å²) in [7, 11) is 1.31. The van der Waals surface area contributed by atoms with Gasteiger partial charge >= 0.3 is 12.1 Å². The van der Waals surface area contributed by atoms with Gasteiger partial charge in [-0.15, -0.1) is 0 Å². The summed E-state index contributed by atoms with van der Waals surface area (Å²) in [5.74, 6) is -2.04. The van der Waals surface area contributed by atoms with Gasteiger partial charge < -0.3 is 34.7 Å². The molecule has 1 unspecified atom stereocenters. The number of carbonyl (C=O) groups excluding carboxylic acids is 2. The molecule has 0 spiro atoms. The number of nitrogens with two attached hydrogens (primary N) is 1. The highest BCUT2D eigenvalue weighted by Crippen LogP contribution is 2.51. The van der Waals surface area contributed by atoms with Crippen LogP contribution < -0.4 is 11.1 Å². The molecule has 0 saturated carbocycles. The number of aromatic nitrogens is 3. The van der Waals surface area contributed by atoms with Crippen molar-refractivity contribution in [3.05, 3.63) is 24.2 Å². The molecule has 3 N–H and O–H groups in total. The average Bonchev–Trinajstić information content (AvgIpc) is 3.51. The quantitative estimate of drug-likeness (QED) is 0.369. The molecule has 4 rings (SSSR count). The van der Waals surface area contributed by atoms with Crippen LogP contribution in [0.3, 0.4) is 0 Å². The molecule has 13 nitrogen and oxygen atoms in total. The zero-order valence-electron chi connectivity index (χ0n) is 23.1. The summed E-state index contributed by atoms with van der Waals surface area (Å²) in [4.78, 5) is 28.9. The maximum atomic E-state index is 13.0. The number of carbonyl (C=O) groups is 2. The Hall–Kier alpha value is -3.47. The van der Waals surface area contributed by atoms with E-state index in [4.69, 9.17) is 29.4 Å². The van der Waals surface area contributed by atoms with E-state index in [9.17, 15) is 14.9 Å². The van der Waals surface area contributed by atoms with Crippen molar-refractivity contribution in [2.75, 3.05) is 19.4 Å². The van der Waals surface area contributed by atoms with Gasteiger partial charge in [-0.05, 0) is 59.6 Å². The van der Waals surface area contributed by atoms with Crippen LogP contribution in [0.5, 0.6) is 0 Å². The van der Waals surface area contributed by atoms with E-state index >= 15 is 0 Å². The highest BCUT2D eigenvalue weighted by atomic mass is 16.8. The zero-order valence-corrected chi connectivity index (χ0v) is 23.1. The van der Waals surface area contributed by atoms with E-state index in [2.05, 4.69) is 21.5 Å². The fraction of sp³-hybridized carbons (Fsp3) is 0.654.